The van der Waals surface area contributed by atoms with Crippen molar-refractivity contribution in [2.45, 2.75) is 6.04 Å². The molecule has 1 rings (SSSR count). The van der Waals surface area contributed by atoms with E-state index in [4.69, 9.17) is 16.9 Å². The highest BCUT2D eigenvalue weighted by Crippen LogP contribution is 2.11. The fourth-order valence-corrected chi connectivity index (χ4v) is 1.08. The van der Waals surface area contributed by atoms with E-state index < -0.39 is 0 Å². The molecule has 0 saturated carbocycles. The molecule has 0 fully saturated rings. The van der Waals surface area contributed by atoms with Crippen LogP contribution in [0.4, 0.5) is 0 Å². The number of benzene rings is 1. The first kappa shape index (κ1) is 8.53. The molecular weight excluding hydrogens is 162 g/mol. The summed E-state index contributed by atoms with van der Waals surface area (Å²) in [6, 6.07) is 9.40. The molecule has 1 atom stereocenters. The molecular formula is C8H10ClNO. The van der Waals surface area contributed by atoms with Crippen molar-refractivity contribution in [1.29, 1.82) is 0 Å². The summed E-state index contributed by atoms with van der Waals surface area (Å²) in [6.07, 6.45) is 0. The van der Waals surface area contributed by atoms with Crippen LogP contribution in [0.25, 0.3) is 0 Å². The van der Waals surface area contributed by atoms with Crippen LogP contribution in [-0.4, -0.2) is 11.7 Å². The lowest BCUT2D eigenvalue weighted by atomic mass is 10.1. The highest BCUT2D eigenvalue weighted by molar-refractivity contribution is 6.13. The van der Waals surface area contributed by atoms with Crippen LogP contribution in [0, 0.1) is 0 Å². The van der Waals surface area contributed by atoms with Gasteiger partial charge in [-0.25, -0.2) is 4.84 Å². The standard InChI is InChI=1S/C8H10ClNO/c9-10-8(6-11)7-4-2-1-3-5-7/h1-5,8,10-11H,6H2/t8-/m1/s1. The van der Waals surface area contributed by atoms with E-state index in [0.29, 0.717) is 0 Å². The van der Waals surface area contributed by atoms with Crippen LogP contribution in [0.5, 0.6) is 0 Å². The Bertz CT molecular complexity index is 199. The number of rotatable bonds is 3. The molecule has 3 heteroatoms. The molecule has 0 aromatic heterocycles. The molecule has 60 valence electrons. The summed E-state index contributed by atoms with van der Waals surface area (Å²) in [7, 11) is 0. The Labute approximate surface area is 70.9 Å². The maximum atomic E-state index is 8.83. The third kappa shape index (κ3) is 2.19. The smallest absolute Gasteiger partial charge is 0.0701 e. The quantitative estimate of drug-likeness (QED) is 0.675. The topological polar surface area (TPSA) is 32.3 Å². The summed E-state index contributed by atoms with van der Waals surface area (Å²) in [5.74, 6) is 0. The molecule has 0 spiro atoms. The first-order valence-corrected chi connectivity index (χ1v) is 3.78. The lowest BCUT2D eigenvalue weighted by Crippen LogP contribution is -2.14. The lowest BCUT2D eigenvalue weighted by molar-refractivity contribution is 0.260. The maximum absolute atomic E-state index is 8.83. The molecule has 0 saturated heterocycles. The summed E-state index contributed by atoms with van der Waals surface area (Å²) >= 11 is 5.39. The zero-order valence-corrected chi connectivity index (χ0v) is 6.75. The molecule has 0 amide bonds. The van der Waals surface area contributed by atoms with Gasteiger partial charge in [-0.2, -0.15) is 0 Å². The minimum atomic E-state index is -0.169. The minimum absolute atomic E-state index is 0.00745. The molecule has 1 aromatic carbocycles. The fourth-order valence-electron chi connectivity index (χ4n) is 0.888. The maximum Gasteiger partial charge on any atom is 0.0701 e. The van der Waals surface area contributed by atoms with Gasteiger partial charge in [0, 0.05) is 0 Å². The number of hydrogen-bond acceptors (Lipinski definition) is 2. The van der Waals surface area contributed by atoms with Gasteiger partial charge in [-0.05, 0) is 17.3 Å². The molecule has 2 nitrogen and oxygen atoms in total. The minimum Gasteiger partial charge on any atom is -0.394 e. The van der Waals surface area contributed by atoms with Crippen molar-refractivity contribution in [3.63, 3.8) is 0 Å². The van der Waals surface area contributed by atoms with Crippen LogP contribution in [0.15, 0.2) is 30.3 Å². The van der Waals surface area contributed by atoms with Gasteiger partial charge < -0.3 is 5.11 Å². The Kier molecular flexibility index (Phi) is 3.36. The highest BCUT2D eigenvalue weighted by atomic mass is 35.5. The van der Waals surface area contributed by atoms with E-state index in [1.807, 2.05) is 30.3 Å². The summed E-state index contributed by atoms with van der Waals surface area (Å²) in [5.41, 5.74) is 0.991. The van der Waals surface area contributed by atoms with Crippen molar-refractivity contribution < 1.29 is 5.11 Å². The first-order chi connectivity index (χ1) is 5.38. The van der Waals surface area contributed by atoms with E-state index in [2.05, 4.69) is 4.84 Å². The van der Waals surface area contributed by atoms with Gasteiger partial charge in [0.1, 0.15) is 0 Å². The summed E-state index contributed by atoms with van der Waals surface area (Å²) in [6.45, 7) is 0.00745. The summed E-state index contributed by atoms with van der Waals surface area (Å²) in [4.78, 5) is 2.49. The fraction of sp³-hybridized carbons (Fsp3) is 0.250. The second-order valence-corrected chi connectivity index (χ2v) is 2.47. The van der Waals surface area contributed by atoms with Crippen LogP contribution in [0.3, 0.4) is 0 Å². The van der Waals surface area contributed by atoms with Crippen molar-refractivity contribution in [2.75, 3.05) is 6.61 Å². The van der Waals surface area contributed by atoms with E-state index >= 15 is 0 Å². The third-order valence-corrected chi connectivity index (χ3v) is 1.78. The van der Waals surface area contributed by atoms with Crippen LogP contribution < -0.4 is 4.84 Å². The molecule has 1 aromatic rings. The SMILES string of the molecule is OC[C@@H](NCl)c1ccccc1. The molecule has 0 aliphatic carbocycles. The molecule has 11 heavy (non-hydrogen) atoms. The number of nitrogens with one attached hydrogen (secondary N) is 1. The van der Waals surface area contributed by atoms with E-state index in [-0.39, 0.29) is 12.6 Å². The normalized spacial score (nSPS) is 12.9. The molecule has 0 aliphatic rings. The van der Waals surface area contributed by atoms with Crippen LogP contribution in [0.2, 0.25) is 0 Å². The Morgan fingerprint density at radius 3 is 2.45 bits per heavy atom. The molecule has 0 bridgehead atoms. The first-order valence-electron chi connectivity index (χ1n) is 3.40. The van der Waals surface area contributed by atoms with Crippen molar-refractivity contribution in [1.82, 2.24) is 4.84 Å². The van der Waals surface area contributed by atoms with Gasteiger partial charge in [-0.3, -0.25) is 0 Å². The lowest BCUT2D eigenvalue weighted by Gasteiger charge is -2.10. The Morgan fingerprint density at radius 1 is 1.36 bits per heavy atom. The van der Waals surface area contributed by atoms with Crippen LogP contribution in [0.1, 0.15) is 11.6 Å². The molecule has 0 radical (unpaired) electrons. The molecule has 0 unspecified atom stereocenters. The number of aliphatic hydroxyl groups excluding tert-OH is 1. The third-order valence-electron chi connectivity index (χ3n) is 1.52. The molecule has 0 aliphatic heterocycles. The number of halogens is 1. The van der Waals surface area contributed by atoms with Crippen LogP contribution in [-0.2, 0) is 0 Å². The average molecular weight is 172 g/mol. The van der Waals surface area contributed by atoms with Gasteiger partial charge in [0.05, 0.1) is 12.6 Å². The second kappa shape index (κ2) is 4.34. The van der Waals surface area contributed by atoms with E-state index in [9.17, 15) is 0 Å². The van der Waals surface area contributed by atoms with Crippen molar-refractivity contribution >= 4 is 11.8 Å². The number of aliphatic hydroxyl groups is 1. The van der Waals surface area contributed by atoms with Crippen molar-refractivity contribution in [3.8, 4) is 0 Å². The van der Waals surface area contributed by atoms with E-state index in [1.54, 1.807) is 0 Å². The molecule has 2 N–H and O–H groups in total. The predicted octanol–water partition coefficient (Wildman–Crippen LogP) is 1.46. The van der Waals surface area contributed by atoms with Gasteiger partial charge in [0.2, 0.25) is 0 Å². The Hall–Kier alpha value is -0.570. The van der Waals surface area contributed by atoms with Crippen LogP contribution >= 0.6 is 11.8 Å². The van der Waals surface area contributed by atoms with Crippen molar-refractivity contribution in [2.24, 2.45) is 0 Å². The zero-order valence-electron chi connectivity index (χ0n) is 6.00. The highest BCUT2D eigenvalue weighted by Gasteiger charge is 2.05. The summed E-state index contributed by atoms with van der Waals surface area (Å²) in [5, 5.41) is 8.83. The zero-order chi connectivity index (χ0) is 8.10. The van der Waals surface area contributed by atoms with Crippen molar-refractivity contribution in [3.05, 3.63) is 35.9 Å². The van der Waals surface area contributed by atoms with E-state index in [1.165, 1.54) is 0 Å². The monoisotopic (exact) mass is 171 g/mol. The Morgan fingerprint density at radius 2 is 2.00 bits per heavy atom. The Balaban J connectivity index is 2.74. The average Bonchev–Trinajstić information content (AvgIpc) is 2.09. The summed E-state index contributed by atoms with van der Waals surface area (Å²) < 4.78 is 0. The largest absolute Gasteiger partial charge is 0.394 e. The number of hydrogen-bond donors (Lipinski definition) is 2. The van der Waals surface area contributed by atoms with Gasteiger partial charge in [-0.15, -0.1) is 0 Å². The van der Waals surface area contributed by atoms with Gasteiger partial charge in [0.25, 0.3) is 0 Å². The van der Waals surface area contributed by atoms with E-state index in [0.717, 1.165) is 5.56 Å². The van der Waals surface area contributed by atoms with Gasteiger partial charge in [0.15, 0.2) is 0 Å². The second-order valence-electron chi connectivity index (χ2n) is 2.25. The van der Waals surface area contributed by atoms with Gasteiger partial charge >= 0.3 is 0 Å². The molecule has 0 heterocycles. The van der Waals surface area contributed by atoms with Gasteiger partial charge in [-0.1, -0.05) is 30.3 Å². The predicted molar refractivity (Wildman–Crippen MR) is 45.3 cm³/mol.